The minimum Gasteiger partial charge on any atom is -0.234 e. The lowest BCUT2D eigenvalue weighted by Gasteiger charge is -2.02. The molecule has 0 radical (unpaired) electrons. The molecule has 100 valence electrons. The Balaban J connectivity index is 1.96. The molecule has 0 bridgehead atoms. The van der Waals surface area contributed by atoms with Crippen LogP contribution in [0.25, 0.3) is 28.1 Å². The molecule has 0 saturated carbocycles. The van der Waals surface area contributed by atoms with Crippen molar-refractivity contribution in [2.45, 2.75) is 0 Å². The van der Waals surface area contributed by atoms with Crippen molar-refractivity contribution in [3.63, 3.8) is 0 Å². The van der Waals surface area contributed by atoms with Crippen molar-refractivity contribution in [1.82, 2.24) is 25.0 Å². The predicted molar refractivity (Wildman–Crippen MR) is 79.9 cm³/mol. The number of para-hydroxylation sites is 1. The summed E-state index contributed by atoms with van der Waals surface area (Å²) in [5, 5.41) is 8.48. The molecule has 0 N–H and O–H groups in total. The molecule has 5 nitrogen and oxygen atoms in total. The summed E-state index contributed by atoms with van der Waals surface area (Å²) in [5.74, 6) is 0. The number of benzene rings is 2. The lowest BCUT2D eigenvalue weighted by Crippen LogP contribution is -1.97. The van der Waals surface area contributed by atoms with Crippen LogP contribution in [0.2, 0.25) is 0 Å². The van der Waals surface area contributed by atoms with Gasteiger partial charge in [-0.2, -0.15) is 4.68 Å². The van der Waals surface area contributed by atoms with Gasteiger partial charge in [-0.15, -0.1) is 5.10 Å². The molecule has 0 aliphatic heterocycles. The molecule has 0 aliphatic carbocycles. The second kappa shape index (κ2) is 4.79. The van der Waals surface area contributed by atoms with Gasteiger partial charge >= 0.3 is 0 Å². The number of hydrogen-bond acceptors (Lipinski definition) is 4. The number of rotatable bonds is 2. The molecule has 0 saturated heterocycles. The molecule has 0 amide bonds. The Bertz CT molecular complexity index is 884. The molecular weight excluding hydrogens is 262 g/mol. The lowest BCUT2D eigenvalue weighted by molar-refractivity contribution is 0.817. The van der Waals surface area contributed by atoms with Gasteiger partial charge in [0.2, 0.25) is 0 Å². The predicted octanol–water partition coefficient (Wildman–Crippen LogP) is 2.88. The van der Waals surface area contributed by atoms with E-state index in [4.69, 9.17) is 0 Å². The molecule has 2 aromatic heterocycles. The van der Waals surface area contributed by atoms with Gasteiger partial charge in [-0.25, -0.2) is 9.97 Å². The standard InChI is InChI=1S/C16H11N5/c1-3-7-12(8-4-1)14-15-16(18-11-17-14)21(20-19-15)13-9-5-2-6-10-13/h1-11H. The van der Waals surface area contributed by atoms with Gasteiger partial charge < -0.3 is 0 Å². The van der Waals surface area contributed by atoms with Crippen molar-refractivity contribution in [2.24, 2.45) is 0 Å². The Labute approximate surface area is 120 Å². The summed E-state index contributed by atoms with van der Waals surface area (Å²) in [6.45, 7) is 0. The maximum absolute atomic E-state index is 4.36. The normalized spacial score (nSPS) is 10.9. The zero-order valence-electron chi connectivity index (χ0n) is 11.1. The first-order valence-corrected chi connectivity index (χ1v) is 6.61. The first-order valence-electron chi connectivity index (χ1n) is 6.61. The topological polar surface area (TPSA) is 56.5 Å². The average Bonchev–Trinajstić information content (AvgIpc) is 3.00. The smallest absolute Gasteiger partial charge is 0.187 e. The zero-order chi connectivity index (χ0) is 14.1. The Hall–Kier alpha value is -3.08. The molecule has 0 spiro atoms. The highest BCUT2D eigenvalue weighted by molar-refractivity contribution is 5.87. The van der Waals surface area contributed by atoms with Crippen molar-refractivity contribution in [2.75, 3.05) is 0 Å². The lowest BCUT2D eigenvalue weighted by atomic mass is 10.1. The van der Waals surface area contributed by atoms with E-state index in [-0.39, 0.29) is 0 Å². The van der Waals surface area contributed by atoms with Crippen molar-refractivity contribution in [1.29, 1.82) is 0 Å². The van der Waals surface area contributed by atoms with Crippen LogP contribution in [0.4, 0.5) is 0 Å². The van der Waals surface area contributed by atoms with Crippen LogP contribution in [0, 0.1) is 0 Å². The molecule has 5 heteroatoms. The molecule has 0 unspecified atom stereocenters. The molecule has 4 aromatic rings. The fraction of sp³-hybridized carbons (Fsp3) is 0. The highest BCUT2D eigenvalue weighted by atomic mass is 15.4. The van der Waals surface area contributed by atoms with E-state index in [1.165, 1.54) is 0 Å². The summed E-state index contributed by atoms with van der Waals surface area (Å²) in [4.78, 5) is 8.69. The second-order valence-corrected chi connectivity index (χ2v) is 4.60. The van der Waals surface area contributed by atoms with Gasteiger partial charge in [0.1, 0.15) is 12.0 Å². The first kappa shape index (κ1) is 11.7. The summed E-state index contributed by atoms with van der Waals surface area (Å²) in [6.07, 6.45) is 1.55. The van der Waals surface area contributed by atoms with E-state index in [1.54, 1.807) is 11.0 Å². The summed E-state index contributed by atoms with van der Waals surface area (Å²) in [7, 11) is 0. The third-order valence-corrected chi connectivity index (χ3v) is 3.29. The molecule has 0 atom stereocenters. The van der Waals surface area contributed by atoms with Crippen LogP contribution in [0.15, 0.2) is 67.0 Å². The van der Waals surface area contributed by atoms with Crippen molar-refractivity contribution >= 4 is 11.2 Å². The third-order valence-electron chi connectivity index (χ3n) is 3.29. The average molecular weight is 273 g/mol. The zero-order valence-corrected chi connectivity index (χ0v) is 11.1. The molecule has 21 heavy (non-hydrogen) atoms. The molecule has 4 rings (SSSR count). The maximum atomic E-state index is 4.36. The quantitative estimate of drug-likeness (QED) is 0.563. The minimum atomic E-state index is 0.701. The maximum Gasteiger partial charge on any atom is 0.187 e. The summed E-state index contributed by atoms with van der Waals surface area (Å²) < 4.78 is 1.73. The monoisotopic (exact) mass is 273 g/mol. The molecule has 0 aliphatic rings. The summed E-state index contributed by atoms with van der Waals surface area (Å²) in [6, 6.07) is 19.8. The van der Waals surface area contributed by atoms with Crippen molar-refractivity contribution < 1.29 is 0 Å². The van der Waals surface area contributed by atoms with Gasteiger partial charge in [0.05, 0.1) is 5.69 Å². The fourth-order valence-corrected chi connectivity index (χ4v) is 2.30. The largest absolute Gasteiger partial charge is 0.234 e. The van der Waals surface area contributed by atoms with E-state index in [9.17, 15) is 0 Å². The third kappa shape index (κ3) is 1.95. The van der Waals surface area contributed by atoms with Crippen molar-refractivity contribution in [3.05, 3.63) is 67.0 Å². The van der Waals surface area contributed by atoms with Gasteiger partial charge in [-0.3, -0.25) is 0 Å². The first-order chi connectivity index (χ1) is 10.4. The number of hydrogen-bond donors (Lipinski definition) is 0. The van der Waals surface area contributed by atoms with E-state index in [2.05, 4.69) is 20.3 Å². The fourth-order valence-electron chi connectivity index (χ4n) is 2.30. The number of fused-ring (bicyclic) bond motifs is 1. The molecule has 0 fully saturated rings. The number of aromatic nitrogens is 5. The number of nitrogens with zero attached hydrogens (tertiary/aromatic N) is 5. The summed E-state index contributed by atoms with van der Waals surface area (Å²) >= 11 is 0. The Morgan fingerprint density at radius 1 is 0.762 bits per heavy atom. The SMILES string of the molecule is c1ccc(-c2ncnc3c2nnn3-c2ccccc2)cc1. The molecule has 2 heterocycles. The minimum absolute atomic E-state index is 0.701. The van der Waals surface area contributed by atoms with Crippen LogP contribution >= 0.6 is 0 Å². The van der Waals surface area contributed by atoms with Crippen LogP contribution < -0.4 is 0 Å². The Morgan fingerprint density at radius 3 is 2.24 bits per heavy atom. The summed E-state index contributed by atoms with van der Waals surface area (Å²) in [5.41, 5.74) is 4.13. The van der Waals surface area contributed by atoms with Crippen LogP contribution in [0.1, 0.15) is 0 Å². The highest BCUT2D eigenvalue weighted by Crippen LogP contribution is 2.24. The van der Waals surface area contributed by atoms with E-state index >= 15 is 0 Å². The highest BCUT2D eigenvalue weighted by Gasteiger charge is 2.13. The van der Waals surface area contributed by atoms with Gasteiger partial charge in [0.25, 0.3) is 0 Å². The molecular formula is C16H11N5. The van der Waals surface area contributed by atoms with Crippen LogP contribution in [-0.4, -0.2) is 25.0 Å². The van der Waals surface area contributed by atoms with Gasteiger partial charge in [-0.1, -0.05) is 53.7 Å². The van der Waals surface area contributed by atoms with Crippen LogP contribution in [0.5, 0.6) is 0 Å². The van der Waals surface area contributed by atoms with Gasteiger partial charge in [0.15, 0.2) is 11.2 Å². The van der Waals surface area contributed by atoms with Gasteiger partial charge in [-0.05, 0) is 12.1 Å². The van der Waals surface area contributed by atoms with Crippen molar-refractivity contribution in [3.8, 4) is 16.9 Å². The second-order valence-electron chi connectivity index (χ2n) is 4.60. The van der Waals surface area contributed by atoms with Crippen LogP contribution in [0.3, 0.4) is 0 Å². The van der Waals surface area contributed by atoms with Gasteiger partial charge in [0, 0.05) is 5.56 Å². The van der Waals surface area contributed by atoms with E-state index < -0.39 is 0 Å². The van der Waals surface area contributed by atoms with Crippen LogP contribution in [-0.2, 0) is 0 Å². The van der Waals surface area contributed by atoms with E-state index in [0.29, 0.717) is 11.2 Å². The Kier molecular flexibility index (Phi) is 2.67. The van der Waals surface area contributed by atoms with E-state index in [1.807, 2.05) is 60.7 Å². The molecule has 2 aromatic carbocycles. The Morgan fingerprint density at radius 2 is 1.48 bits per heavy atom. The van der Waals surface area contributed by atoms with E-state index in [0.717, 1.165) is 16.9 Å².